The Hall–Kier alpha value is -1.42. The number of nitrogens with zero attached hydrogens (tertiary/aromatic N) is 1. The Kier molecular flexibility index (Phi) is 4.90. The van der Waals surface area contributed by atoms with Crippen molar-refractivity contribution in [1.29, 1.82) is 5.26 Å². The molecule has 0 saturated carbocycles. The van der Waals surface area contributed by atoms with E-state index in [1.165, 1.54) is 6.07 Å². The summed E-state index contributed by atoms with van der Waals surface area (Å²) in [7, 11) is -3.61. The lowest BCUT2D eigenvalue weighted by molar-refractivity contribution is 0.181. The van der Waals surface area contributed by atoms with Crippen molar-refractivity contribution in [3.63, 3.8) is 0 Å². The molecule has 0 aliphatic carbocycles. The molecule has 1 atom stereocenters. The van der Waals surface area contributed by atoms with Crippen LogP contribution in [0.2, 0.25) is 0 Å². The second-order valence-corrected chi connectivity index (χ2v) is 8.28. The van der Waals surface area contributed by atoms with Crippen molar-refractivity contribution >= 4 is 10.0 Å². The van der Waals surface area contributed by atoms with Crippen molar-refractivity contribution in [2.45, 2.75) is 44.6 Å². The number of aryl methyl sites for hydroxylation is 1. The van der Waals surface area contributed by atoms with Crippen molar-refractivity contribution in [3.05, 3.63) is 29.3 Å². The van der Waals surface area contributed by atoms with Crippen LogP contribution >= 0.6 is 0 Å². The Balaban J connectivity index is 2.17. The summed E-state index contributed by atoms with van der Waals surface area (Å²) in [5, 5.41) is 12.3. The third-order valence-electron chi connectivity index (χ3n) is 4.42. The van der Waals surface area contributed by atoms with Crippen LogP contribution in [0, 0.1) is 23.7 Å². The molecule has 1 saturated heterocycles. The average Bonchev–Trinajstić information content (AvgIpc) is 2.46. The molecule has 0 radical (unpaired) electrons. The lowest BCUT2D eigenvalue weighted by Gasteiger charge is -2.39. The maximum absolute atomic E-state index is 12.5. The van der Waals surface area contributed by atoms with Crippen LogP contribution in [-0.4, -0.2) is 27.5 Å². The summed E-state index contributed by atoms with van der Waals surface area (Å²) in [5.74, 6) is 0. The monoisotopic (exact) mass is 321 g/mol. The quantitative estimate of drug-likeness (QED) is 0.887. The van der Waals surface area contributed by atoms with Crippen molar-refractivity contribution < 1.29 is 8.42 Å². The van der Waals surface area contributed by atoms with Crippen LogP contribution in [0.3, 0.4) is 0 Å². The zero-order valence-electron chi connectivity index (χ0n) is 13.3. The minimum atomic E-state index is -3.61. The van der Waals surface area contributed by atoms with E-state index >= 15 is 0 Å². The predicted molar refractivity (Wildman–Crippen MR) is 85.9 cm³/mol. The van der Waals surface area contributed by atoms with Gasteiger partial charge in [0.1, 0.15) is 0 Å². The largest absolute Gasteiger partial charge is 0.312 e. The van der Waals surface area contributed by atoms with Gasteiger partial charge in [0.2, 0.25) is 10.0 Å². The van der Waals surface area contributed by atoms with Crippen LogP contribution in [0.15, 0.2) is 23.1 Å². The molecule has 22 heavy (non-hydrogen) atoms. The summed E-state index contributed by atoms with van der Waals surface area (Å²) in [6, 6.07) is 6.80. The molecule has 1 aliphatic heterocycles. The Morgan fingerprint density at radius 1 is 1.45 bits per heavy atom. The second kappa shape index (κ2) is 6.37. The number of rotatable bonds is 4. The molecule has 5 nitrogen and oxygen atoms in total. The van der Waals surface area contributed by atoms with Crippen LogP contribution in [-0.2, 0) is 10.0 Å². The average molecular weight is 321 g/mol. The molecule has 120 valence electrons. The molecule has 1 heterocycles. The molecule has 1 unspecified atom stereocenters. The maximum atomic E-state index is 12.5. The van der Waals surface area contributed by atoms with Crippen molar-refractivity contribution in [1.82, 2.24) is 10.0 Å². The van der Waals surface area contributed by atoms with Gasteiger partial charge in [0.15, 0.2) is 0 Å². The molecule has 2 N–H and O–H groups in total. The van der Waals surface area contributed by atoms with Crippen LogP contribution in [0.4, 0.5) is 0 Å². The van der Waals surface area contributed by atoms with Gasteiger partial charge >= 0.3 is 0 Å². The van der Waals surface area contributed by atoms with Gasteiger partial charge in [-0.2, -0.15) is 5.26 Å². The third-order valence-corrected chi connectivity index (χ3v) is 5.98. The van der Waals surface area contributed by atoms with Crippen molar-refractivity contribution in [2.75, 3.05) is 13.1 Å². The summed E-state index contributed by atoms with van der Waals surface area (Å²) < 4.78 is 27.7. The highest BCUT2D eigenvalue weighted by Gasteiger charge is 2.32. The van der Waals surface area contributed by atoms with E-state index in [1.54, 1.807) is 19.1 Å². The zero-order chi connectivity index (χ0) is 16.4. The number of benzene rings is 1. The van der Waals surface area contributed by atoms with E-state index in [0.29, 0.717) is 17.7 Å². The number of piperidine rings is 1. The Morgan fingerprint density at radius 2 is 2.18 bits per heavy atom. The first-order valence-electron chi connectivity index (χ1n) is 7.50. The van der Waals surface area contributed by atoms with E-state index in [2.05, 4.69) is 23.9 Å². The molecular formula is C16H23N3O2S. The minimum Gasteiger partial charge on any atom is -0.312 e. The van der Waals surface area contributed by atoms with Gasteiger partial charge in [-0.25, -0.2) is 13.1 Å². The molecule has 0 aromatic heterocycles. The lowest BCUT2D eigenvalue weighted by atomic mass is 9.78. The topological polar surface area (TPSA) is 82.0 Å². The van der Waals surface area contributed by atoms with Gasteiger partial charge < -0.3 is 5.32 Å². The second-order valence-electron chi connectivity index (χ2n) is 6.54. The summed E-state index contributed by atoms with van der Waals surface area (Å²) in [6.45, 7) is 7.31. The fraction of sp³-hybridized carbons (Fsp3) is 0.562. The van der Waals surface area contributed by atoms with Crippen molar-refractivity contribution in [2.24, 2.45) is 5.41 Å². The molecule has 2 rings (SSSR count). The molecule has 1 aromatic carbocycles. The highest BCUT2D eigenvalue weighted by molar-refractivity contribution is 7.89. The fourth-order valence-corrected chi connectivity index (χ4v) is 4.16. The summed E-state index contributed by atoms with van der Waals surface area (Å²) >= 11 is 0. The van der Waals surface area contributed by atoms with E-state index < -0.39 is 10.0 Å². The molecule has 1 fully saturated rings. The molecule has 6 heteroatoms. The fourth-order valence-electron chi connectivity index (χ4n) is 2.85. The van der Waals surface area contributed by atoms with E-state index in [9.17, 15) is 8.42 Å². The first-order chi connectivity index (χ1) is 10.3. The molecule has 1 aliphatic rings. The molecule has 1 aromatic rings. The Morgan fingerprint density at radius 3 is 2.82 bits per heavy atom. The number of hydrogen-bond acceptors (Lipinski definition) is 4. The van der Waals surface area contributed by atoms with E-state index in [1.807, 2.05) is 6.07 Å². The van der Waals surface area contributed by atoms with Crippen LogP contribution in [0.5, 0.6) is 0 Å². The summed E-state index contributed by atoms with van der Waals surface area (Å²) in [5.41, 5.74) is 1.05. The van der Waals surface area contributed by atoms with E-state index in [-0.39, 0.29) is 16.4 Å². The van der Waals surface area contributed by atoms with E-state index in [4.69, 9.17) is 5.26 Å². The van der Waals surface area contributed by atoms with Crippen LogP contribution in [0.1, 0.15) is 37.8 Å². The molecule has 0 amide bonds. The molecule has 0 bridgehead atoms. The lowest BCUT2D eigenvalue weighted by Crippen LogP contribution is -2.52. The van der Waals surface area contributed by atoms with E-state index in [0.717, 1.165) is 19.4 Å². The highest BCUT2D eigenvalue weighted by Crippen LogP contribution is 2.30. The summed E-state index contributed by atoms with van der Waals surface area (Å²) in [6.07, 6.45) is 2.19. The maximum Gasteiger partial charge on any atom is 0.240 e. The standard InChI is InChI=1S/C16H23N3O2S/c1-12-5-6-13(10-17)9-14(12)22(20,21)19-11-15-16(2,3)7-4-8-18-15/h5-6,9,15,18-19H,4,7-8,11H2,1-3H3. The van der Waals surface area contributed by atoms with Gasteiger partial charge in [0.05, 0.1) is 16.5 Å². The molecular weight excluding hydrogens is 298 g/mol. The SMILES string of the molecule is Cc1ccc(C#N)cc1S(=O)(=O)NCC1NCCCC1(C)C. The Bertz CT molecular complexity index is 690. The Labute approximate surface area is 132 Å². The van der Waals surface area contributed by atoms with Gasteiger partial charge in [-0.15, -0.1) is 0 Å². The van der Waals surface area contributed by atoms with Gasteiger partial charge in [-0.3, -0.25) is 0 Å². The van der Waals surface area contributed by atoms with Crippen LogP contribution in [0.25, 0.3) is 0 Å². The minimum absolute atomic E-state index is 0.0598. The number of hydrogen-bond donors (Lipinski definition) is 2. The smallest absolute Gasteiger partial charge is 0.240 e. The van der Waals surface area contributed by atoms with Gasteiger partial charge in [-0.1, -0.05) is 19.9 Å². The van der Waals surface area contributed by atoms with Crippen LogP contribution < -0.4 is 10.0 Å². The van der Waals surface area contributed by atoms with Crippen molar-refractivity contribution in [3.8, 4) is 6.07 Å². The van der Waals surface area contributed by atoms with Gasteiger partial charge in [0.25, 0.3) is 0 Å². The van der Waals surface area contributed by atoms with Gasteiger partial charge in [0, 0.05) is 12.6 Å². The first kappa shape index (κ1) is 16.9. The summed E-state index contributed by atoms with van der Waals surface area (Å²) in [4.78, 5) is 0.181. The number of sulfonamides is 1. The number of nitriles is 1. The first-order valence-corrected chi connectivity index (χ1v) is 8.98. The third kappa shape index (κ3) is 3.67. The normalized spacial score (nSPS) is 21.3. The highest BCUT2D eigenvalue weighted by atomic mass is 32.2. The predicted octanol–water partition coefficient (Wildman–Crippen LogP) is 1.92. The zero-order valence-corrected chi connectivity index (χ0v) is 14.1. The number of nitrogens with one attached hydrogen (secondary N) is 2. The molecule has 0 spiro atoms. The van der Waals surface area contributed by atoms with Gasteiger partial charge in [-0.05, 0) is 49.4 Å².